The Labute approximate surface area is 158 Å². The highest BCUT2D eigenvalue weighted by molar-refractivity contribution is 8.01. The molecule has 0 aliphatic rings. The minimum Gasteiger partial charge on any atom is -0.748 e. The van der Waals surface area contributed by atoms with E-state index in [1.54, 1.807) is 12.1 Å². The van der Waals surface area contributed by atoms with Crippen molar-refractivity contribution in [2.45, 2.75) is 22.9 Å². The maximum Gasteiger partial charge on any atom is 0.303 e. The van der Waals surface area contributed by atoms with Gasteiger partial charge in [-0.1, -0.05) is 11.6 Å². The predicted molar refractivity (Wildman–Crippen MR) is 100 cm³/mol. The Balaban J connectivity index is 2.17. The number of hydrogen-bond acceptors (Lipinski definition) is 7. The molecule has 0 spiro atoms. The van der Waals surface area contributed by atoms with Crippen LogP contribution in [0.3, 0.4) is 0 Å². The van der Waals surface area contributed by atoms with E-state index < -0.39 is 36.5 Å². The Bertz CT molecular complexity index is 954. The SMILES string of the molecule is O=S(=O)([O-])CCC[s+]1c(SCCCS(=O)(=O)O)nc2cc(Cl)ccc21. The van der Waals surface area contributed by atoms with Crippen molar-refractivity contribution in [3.63, 3.8) is 0 Å². The van der Waals surface area contributed by atoms with Crippen LogP contribution in [0.25, 0.3) is 10.2 Å². The van der Waals surface area contributed by atoms with Gasteiger partial charge in [-0.3, -0.25) is 4.55 Å². The lowest BCUT2D eigenvalue weighted by atomic mass is 10.3. The molecular weight excluding hydrogens is 430 g/mol. The third kappa shape index (κ3) is 7.00. The van der Waals surface area contributed by atoms with E-state index in [1.165, 1.54) is 11.8 Å². The number of hydrogen-bond donors (Lipinski definition) is 1. The van der Waals surface area contributed by atoms with Crippen LogP contribution in [0, 0.1) is 0 Å². The first-order chi connectivity index (χ1) is 11.6. The van der Waals surface area contributed by atoms with Gasteiger partial charge in [-0.05, 0) is 30.3 Å². The summed E-state index contributed by atoms with van der Waals surface area (Å²) in [6, 6.07) is 5.28. The fraction of sp³-hybridized carbons (Fsp3) is 0.462. The standard InChI is InChI=1S/C13H16ClNO6S4/c14-10-3-4-12-11(9-10)15-13(22-5-1-7-24(16,17)18)23(12)6-2-8-25(19,20)21/h3-4,9H,1-2,5-8H2,(H-,16,17,18,19,20,21). The second kappa shape index (κ2) is 8.51. The molecular formula is C13H16ClNO6S4. The molecule has 0 aliphatic heterocycles. The maximum atomic E-state index is 10.8. The van der Waals surface area contributed by atoms with Gasteiger partial charge in [0.25, 0.3) is 10.1 Å². The van der Waals surface area contributed by atoms with Gasteiger partial charge in [0.15, 0.2) is 0 Å². The Morgan fingerprint density at radius 3 is 2.56 bits per heavy atom. The van der Waals surface area contributed by atoms with Crippen molar-refractivity contribution in [2.24, 2.45) is 0 Å². The second-order valence-corrected chi connectivity index (χ2v) is 12.1. The Morgan fingerprint density at radius 1 is 1.20 bits per heavy atom. The Morgan fingerprint density at radius 2 is 1.92 bits per heavy atom. The van der Waals surface area contributed by atoms with Gasteiger partial charge in [-0.25, -0.2) is 8.42 Å². The van der Waals surface area contributed by atoms with Gasteiger partial charge in [0, 0.05) is 39.5 Å². The van der Waals surface area contributed by atoms with Crippen molar-refractivity contribution in [3.8, 4) is 0 Å². The van der Waals surface area contributed by atoms with Gasteiger partial charge >= 0.3 is 4.34 Å². The molecule has 1 unspecified atom stereocenters. The minimum atomic E-state index is -4.26. The molecule has 25 heavy (non-hydrogen) atoms. The van der Waals surface area contributed by atoms with Crippen molar-refractivity contribution in [3.05, 3.63) is 23.2 Å². The maximum absolute atomic E-state index is 10.8. The van der Waals surface area contributed by atoms with Crippen LogP contribution >= 0.6 is 33.8 Å². The molecule has 7 nitrogen and oxygen atoms in total. The fourth-order valence-corrected chi connectivity index (χ4v) is 7.43. The number of thioether (sulfide) groups is 1. The lowest BCUT2D eigenvalue weighted by Crippen LogP contribution is -2.04. The van der Waals surface area contributed by atoms with Crippen molar-refractivity contribution in [2.75, 3.05) is 17.3 Å². The summed E-state index contributed by atoms with van der Waals surface area (Å²) in [5.74, 6) is 0.165. The molecule has 2 aromatic rings. The van der Waals surface area contributed by atoms with Gasteiger partial charge in [0.05, 0.1) is 15.9 Å². The normalized spacial score (nSPS) is 13.5. The van der Waals surface area contributed by atoms with Crippen LogP contribution in [0.1, 0.15) is 12.8 Å². The van der Waals surface area contributed by atoms with E-state index in [1.807, 2.05) is 6.07 Å². The van der Waals surface area contributed by atoms with Crippen LogP contribution < -0.4 is 0 Å². The van der Waals surface area contributed by atoms with E-state index in [9.17, 15) is 21.4 Å². The van der Waals surface area contributed by atoms with Crippen molar-refractivity contribution in [1.82, 2.24) is 4.98 Å². The molecule has 0 amide bonds. The van der Waals surface area contributed by atoms with Crippen LogP contribution in [0.2, 0.25) is 5.02 Å². The highest BCUT2D eigenvalue weighted by Crippen LogP contribution is 2.42. The number of benzene rings is 1. The molecule has 1 heterocycles. The summed E-state index contributed by atoms with van der Waals surface area (Å²) in [7, 11) is -8.72. The summed E-state index contributed by atoms with van der Waals surface area (Å²) >= 11 is 7.34. The largest absolute Gasteiger partial charge is 0.748 e. The van der Waals surface area contributed by atoms with E-state index in [-0.39, 0.29) is 18.6 Å². The Kier molecular flexibility index (Phi) is 7.10. The molecule has 12 heteroatoms. The number of nitrogens with zero attached hydrogens (tertiary/aromatic N) is 1. The first-order valence-corrected chi connectivity index (χ1v) is 13.1. The highest BCUT2D eigenvalue weighted by Gasteiger charge is 2.23. The van der Waals surface area contributed by atoms with Crippen LogP contribution in [0.15, 0.2) is 22.5 Å². The van der Waals surface area contributed by atoms with Crippen molar-refractivity contribution in [1.29, 1.82) is 0 Å². The summed E-state index contributed by atoms with van der Waals surface area (Å²) in [5, 5.41) is 0.533. The first-order valence-electron chi connectivity index (χ1n) is 7.16. The van der Waals surface area contributed by atoms with E-state index in [0.29, 0.717) is 22.0 Å². The third-order valence-electron chi connectivity index (χ3n) is 3.12. The van der Waals surface area contributed by atoms with Gasteiger partial charge in [0.1, 0.15) is 11.3 Å². The molecule has 2 rings (SSSR count). The summed E-state index contributed by atoms with van der Waals surface area (Å²) in [6.07, 6.45) is 0.493. The van der Waals surface area contributed by atoms with Crippen molar-refractivity contribution < 1.29 is 25.9 Å². The lowest BCUT2D eigenvalue weighted by molar-refractivity contribution is 0.461. The third-order valence-corrected chi connectivity index (χ3v) is 8.83. The highest BCUT2D eigenvalue weighted by atomic mass is 35.5. The quantitative estimate of drug-likeness (QED) is 0.270. The predicted octanol–water partition coefficient (Wildman–Crippen LogP) is 2.94. The summed E-state index contributed by atoms with van der Waals surface area (Å²) in [5.41, 5.74) is 0.707. The molecule has 0 saturated carbocycles. The van der Waals surface area contributed by atoms with Crippen LogP contribution in [0.4, 0.5) is 0 Å². The smallest absolute Gasteiger partial charge is 0.303 e. The number of thiazole rings is 1. The monoisotopic (exact) mass is 445 g/mol. The van der Waals surface area contributed by atoms with Crippen LogP contribution in [0.5, 0.6) is 0 Å². The summed E-state index contributed by atoms with van der Waals surface area (Å²) in [4.78, 5) is 4.51. The van der Waals surface area contributed by atoms with E-state index in [0.717, 1.165) is 9.04 Å². The molecule has 1 aromatic heterocycles. The zero-order chi connectivity index (χ0) is 18.7. The number of rotatable bonds is 9. The number of aromatic nitrogens is 1. The topological polar surface area (TPSA) is 124 Å². The Hall–Kier alpha value is -0.430. The summed E-state index contributed by atoms with van der Waals surface area (Å²) < 4.78 is 64.4. The molecule has 1 atom stereocenters. The molecule has 1 aromatic carbocycles. The van der Waals surface area contributed by atoms with Gasteiger partial charge in [-0.2, -0.15) is 13.4 Å². The van der Waals surface area contributed by atoms with Gasteiger partial charge in [0.2, 0.25) is 4.70 Å². The van der Waals surface area contributed by atoms with E-state index >= 15 is 0 Å². The zero-order valence-corrected chi connectivity index (χ0v) is 16.9. The zero-order valence-electron chi connectivity index (χ0n) is 12.9. The van der Waals surface area contributed by atoms with Crippen LogP contribution in [-0.4, -0.2) is 48.2 Å². The fourth-order valence-electron chi connectivity index (χ4n) is 2.12. The molecule has 0 saturated heterocycles. The van der Waals surface area contributed by atoms with Gasteiger partial charge < -0.3 is 4.55 Å². The number of fused-ring (bicyclic) bond motifs is 1. The summed E-state index contributed by atoms with van der Waals surface area (Å²) in [6.45, 7) is 0. The van der Waals surface area contributed by atoms with E-state index in [4.69, 9.17) is 16.2 Å². The minimum absolute atomic E-state index is 0.224. The van der Waals surface area contributed by atoms with E-state index in [2.05, 4.69) is 4.98 Å². The molecule has 0 aliphatic carbocycles. The first kappa shape index (κ1) is 20.9. The van der Waals surface area contributed by atoms with Gasteiger partial charge in [-0.15, -0.1) is 0 Å². The second-order valence-electron chi connectivity index (χ2n) is 5.19. The molecule has 0 radical (unpaired) electrons. The molecule has 0 bridgehead atoms. The lowest BCUT2D eigenvalue weighted by Gasteiger charge is -2.03. The molecule has 1 N–H and O–H groups in total. The van der Waals surface area contributed by atoms with Crippen LogP contribution in [-0.2, 0) is 26.0 Å². The average Bonchev–Trinajstić information content (AvgIpc) is 2.78. The number of halogens is 1. The number of aryl methyl sites for hydroxylation is 1. The van der Waals surface area contributed by atoms with Crippen molar-refractivity contribution >= 4 is 64.3 Å². The average molecular weight is 446 g/mol. The molecule has 0 fully saturated rings. The molecule has 140 valence electrons.